The molecule has 0 spiro atoms. The molecule has 4 atom stereocenters. The van der Waals surface area contributed by atoms with Crippen LogP contribution in [0.2, 0.25) is 0 Å². The number of hydrogen-bond acceptors (Lipinski definition) is 3. The van der Waals surface area contributed by atoms with Crippen LogP contribution in [0.3, 0.4) is 0 Å². The maximum Gasteiger partial charge on any atom is 0.149 e. The summed E-state index contributed by atoms with van der Waals surface area (Å²) < 4.78 is 2.01. The van der Waals surface area contributed by atoms with Gasteiger partial charge < -0.3 is 9.88 Å². The molecule has 0 amide bonds. The summed E-state index contributed by atoms with van der Waals surface area (Å²) in [5, 5.41) is 12.0. The first-order valence-electron chi connectivity index (χ1n) is 7.59. The van der Waals surface area contributed by atoms with E-state index in [1.54, 1.807) is 6.33 Å². The molecular weight excluding hydrogens is 236 g/mol. The van der Waals surface area contributed by atoms with E-state index >= 15 is 0 Å². The second-order valence-electron chi connectivity index (χ2n) is 6.62. The monoisotopic (exact) mass is 264 g/mol. The zero-order valence-corrected chi connectivity index (χ0v) is 12.9. The summed E-state index contributed by atoms with van der Waals surface area (Å²) in [7, 11) is 2.01. The normalized spacial score (nSPS) is 29.7. The van der Waals surface area contributed by atoms with Crippen molar-refractivity contribution >= 4 is 0 Å². The van der Waals surface area contributed by atoms with Crippen LogP contribution in [-0.4, -0.2) is 20.8 Å². The molecule has 0 saturated heterocycles. The Balaban J connectivity index is 2.04. The molecule has 19 heavy (non-hydrogen) atoms. The number of nitrogens with one attached hydrogen (secondary N) is 1. The first-order valence-corrected chi connectivity index (χ1v) is 7.59. The third-order valence-electron chi connectivity index (χ3n) is 4.62. The predicted octanol–water partition coefficient (Wildman–Crippen LogP) is 2.93. The summed E-state index contributed by atoms with van der Waals surface area (Å²) in [5.41, 5.74) is 0. The maximum atomic E-state index is 4.22. The van der Waals surface area contributed by atoms with Gasteiger partial charge in [0.15, 0.2) is 0 Å². The zero-order valence-electron chi connectivity index (χ0n) is 12.9. The Bertz CT molecular complexity index is 399. The highest BCUT2D eigenvalue weighted by Gasteiger charge is 2.31. The minimum atomic E-state index is 0.268. The number of rotatable bonds is 4. The summed E-state index contributed by atoms with van der Waals surface area (Å²) in [5.74, 6) is 3.39. The van der Waals surface area contributed by atoms with E-state index in [9.17, 15) is 0 Å². The smallest absolute Gasteiger partial charge is 0.149 e. The summed E-state index contributed by atoms with van der Waals surface area (Å²) in [4.78, 5) is 0. The van der Waals surface area contributed by atoms with Crippen LogP contribution in [0.1, 0.15) is 58.8 Å². The standard InChI is InChI=1S/C15H28N4/c1-10(2)13-7-6-11(3)8-14(13)17-12(4)15-18-16-9-19(15)5/h9-14,17H,6-8H2,1-5H3. The second kappa shape index (κ2) is 6.04. The van der Waals surface area contributed by atoms with E-state index in [1.165, 1.54) is 19.3 Å². The Morgan fingerprint density at radius 3 is 2.63 bits per heavy atom. The molecule has 1 saturated carbocycles. The Hall–Kier alpha value is -0.900. The lowest BCUT2D eigenvalue weighted by molar-refractivity contribution is 0.159. The fraction of sp³-hybridized carbons (Fsp3) is 0.867. The third kappa shape index (κ3) is 3.35. The van der Waals surface area contributed by atoms with E-state index < -0.39 is 0 Å². The van der Waals surface area contributed by atoms with Gasteiger partial charge in [-0.15, -0.1) is 10.2 Å². The van der Waals surface area contributed by atoms with Gasteiger partial charge in [-0.2, -0.15) is 0 Å². The maximum absolute atomic E-state index is 4.22. The Kier molecular flexibility index (Phi) is 4.61. The first kappa shape index (κ1) is 14.5. The molecule has 1 aromatic heterocycles. The molecule has 1 N–H and O–H groups in total. The van der Waals surface area contributed by atoms with Crippen molar-refractivity contribution in [3.05, 3.63) is 12.2 Å². The molecule has 1 aromatic rings. The lowest BCUT2D eigenvalue weighted by Crippen LogP contribution is -2.44. The van der Waals surface area contributed by atoms with Crippen molar-refractivity contribution in [3.63, 3.8) is 0 Å². The van der Waals surface area contributed by atoms with Crippen LogP contribution in [0, 0.1) is 17.8 Å². The second-order valence-corrected chi connectivity index (χ2v) is 6.62. The Labute approximate surface area is 117 Å². The van der Waals surface area contributed by atoms with Crippen LogP contribution in [0.4, 0.5) is 0 Å². The highest BCUT2D eigenvalue weighted by Crippen LogP contribution is 2.34. The third-order valence-corrected chi connectivity index (χ3v) is 4.62. The minimum absolute atomic E-state index is 0.268. The van der Waals surface area contributed by atoms with Gasteiger partial charge in [0, 0.05) is 13.1 Å². The first-order chi connectivity index (χ1) is 8.99. The Morgan fingerprint density at radius 2 is 2.05 bits per heavy atom. The molecule has 2 rings (SSSR count). The van der Waals surface area contributed by atoms with Gasteiger partial charge in [-0.3, -0.25) is 0 Å². The van der Waals surface area contributed by atoms with Crippen molar-refractivity contribution < 1.29 is 0 Å². The number of nitrogens with zero attached hydrogens (tertiary/aromatic N) is 3. The molecule has 1 heterocycles. The predicted molar refractivity (Wildman–Crippen MR) is 77.7 cm³/mol. The lowest BCUT2D eigenvalue weighted by Gasteiger charge is -2.39. The highest BCUT2D eigenvalue weighted by molar-refractivity contribution is 4.95. The summed E-state index contributed by atoms with van der Waals surface area (Å²) in [6, 6.07) is 0.875. The van der Waals surface area contributed by atoms with E-state index in [0.29, 0.717) is 6.04 Å². The van der Waals surface area contributed by atoms with E-state index in [-0.39, 0.29) is 6.04 Å². The van der Waals surface area contributed by atoms with Crippen molar-refractivity contribution in [2.45, 2.75) is 59.0 Å². The molecule has 1 fully saturated rings. The quantitative estimate of drug-likeness (QED) is 0.909. The van der Waals surface area contributed by atoms with Gasteiger partial charge in [0.1, 0.15) is 12.2 Å². The van der Waals surface area contributed by atoms with Crippen molar-refractivity contribution in [2.75, 3.05) is 0 Å². The van der Waals surface area contributed by atoms with Crippen LogP contribution in [0.25, 0.3) is 0 Å². The number of hydrogen-bond donors (Lipinski definition) is 1. The number of aryl methyl sites for hydroxylation is 1. The van der Waals surface area contributed by atoms with Gasteiger partial charge in [-0.05, 0) is 37.5 Å². The van der Waals surface area contributed by atoms with Crippen LogP contribution < -0.4 is 5.32 Å². The largest absolute Gasteiger partial charge is 0.319 e. The minimum Gasteiger partial charge on any atom is -0.319 e. The SMILES string of the molecule is CC1CCC(C(C)C)C(NC(C)c2nncn2C)C1. The van der Waals surface area contributed by atoms with Crippen molar-refractivity contribution in [1.82, 2.24) is 20.1 Å². The van der Waals surface area contributed by atoms with Gasteiger partial charge in [0.25, 0.3) is 0 Å². The number of aromatic nitrogens is 3. The van der Waals surface area contributed by atoms with Gasteiger partial charge in [-0.25, -0.2) is 0 Å². The summed E-state index contributed by atoms with van der Waals surface area (Å²) >= 11 is 0. The molecule has 1 aliphatic rings. The van der Waals surface area contributed by atoms with Crippen molar-refractivity contribution in [1.29, 1.82) is 0 Å². The highest BCUT2D eigenvalue weighted by atomic mass is 15.3. The van der Waals surface area contributed by atoms with E-state index in [0.717, 1.165) is 23.6 Å². The molecule has 0 radical (unpaired) electrons. The fourth-order valence-electron chi connectivity index (χ4n) is 3.47. The molecule has 4 heteroatoms. The molecule has 1 aliphatic carbocycles. The van der Waals surface area contributed by atoms with Crippen LogP contribution in [-0.2, 0) is 7.05 Å². The zero-order chi connectivity index (χ0) is 14.0. The lowest BCUT2D eigenvalue weighted by atomic mass is 9.74. The van der Waals surface area contributed by atoms with E-state index in [4.69, 9.17) is 0 Å². The molecule has 0 aromatic carbocycles. The average molecular weight is 264 g/mol. The topological polar surface area (TPSA) is 42.7 Å². The average Bonchev–Trinajstić information content (AvgIpc) is 2.75. The summed E-state index contributed by atoms with van der Waals surface area (Å²) in [6.07, 6.45) is 5.78. The molecule has 108 valence electrons. The Morgan fingerprint density at radius 1 is 1.32 bits per heavy atom. The summed E-state index contributed by atoms with van der Waals surface area (Å²) in [6.45, 7) is 9.27. The van der Waals surface area contributed by atoms with E-state index in [2.05, 4.69) is 43.2 Å². The molecular formula is C15H28N4. The van der Waals surface area contributed by atoms with Crippen LogP contribution in [0.15, 0.2) is 6.33 Å². The molecule has 4 nitrogen and oxygen atoms in total. The molecule has 4 unspecified atom stereocenters. The van der Waals surface area contributed by atoms with Crippen LogP contribution in [0.5, 0.6) is 0 Å². The van der Waals surface area contributed by atoms with Crippen molar-refractivity contribution in [3.8, 4) is 0 Å². The molecule has 0 bridgehead atoms. The fourth-order valence-corrected chi connectivity index (χ4v) is 3.47. The van der Waals surface area contributed by atoms with Crippen LogP contribution >= 0.6 is 0 Å². The van der Waals surface area contributed by atoms with E-state index in [1.807, 2.05) is 11.6 Å². The van der Waals surface area contributed by atoms with Gasteiger partial charge in [0.2, 0.25) is 0 Å². The molecule has 0 aliphatic heterocycles. The van der Waals surface area contributed by atoms with Crippen molar-refractivity contribution in [2.24, 2.45) is 24.8 Å². The van der Waals surface area contributed by atoms with Gasteiger partial charge in [0.05, 0.1) is 6.04 Å². The van der Waals surface area contributed by atoms with Gasteiger partial charge >= 0.3 is 0 Å². The van der Waals surface area contributed by atoms with Gasteiger partial charge in [-0.1, -0.05) is 27.2 Å².